The number of nitrogens with zero attached hydrogens (tertiary/aromatic N) is 5. The van der Waals surface area contributed by atoms with Crippen molar-refractivity contribution in [1.29, 1.82) is 0 Å². The molecule has 2 aromatic heterocycles. The summed E-state index contributed by atoms with van der Waals surface area (Å²) < 4.78 is 10.8. The molecule has 0 radical (unpaired) electrons. The zero-order valence-electron chi connectivity index (χ0n) is 20.9. The third kappa shape index (κ3) is 5.22. The van der Waals surface area contributed by atoms with Gasteiger partial charge in [-0.2, -0.15) is 4.98 Å². The van der Waals surface area contributed by atoms with Gasteiger partial charge in [-0.1, -0.05) is 12.1 Å². The number of piperazine rings is 1. The van der Waals surface area contributed by atoms with Crippen LogP contribution in [0.5, 0.6) is 11.5 Å². The Morgan fingerprint density at radius 2 is 1.70 bits per heavy atom. The minimum absolute atomic E-state index is 0.121. The largest absolute Gasteiger partial charge is 0.493 e. The highest BCUT2D eigenvalue weighted by Crippen LogP contribution is 2.33. The number of halogens is 1. The predicted molar refractivity (Wildman–Crippen MR) is 145 cm³/mol. The van der Waals surface area contributed by atoms with Gasteiger partial charge >= 0.3 is 6.03 Å². The number of hydrogen-bond donors (Lipinski definition) is 1. The number of fused-ring (bicyclic) bond motifs is 1. The van der Waals surface area contributed by atoms with E-state index in [-0.39, 0.29) is 11.3 Å². The minimum atomic E-state index is -0.121. The van der Waals surface area contributed by atoms with Gasteiger partial charge in [0.15, 0.2) is 17.3 Å². The molecule has 10 heteroatoms. The van der Waals surface area contributed by atoms with Crippen LogP contribution in [0.4, 0.5) is 16.3 Å². The van der Waals surface area contributed by atoms with Gasteiger partial charge in [0.2, 0.25) is 5.28 Å². The fourth-order valence-corrected chi connectivity index (χ4v) is 4.57. The topological polar surface area (TPSA) is 92.7 Å². The molecule has 1 fully saturated rings. The summed E-state index contributed by atoms with van der Waals surface area (Å²) in [5, 5.41) is 3.13. The van der Waals surface area contributed by atoms with E-state index in [1.807, 2.05) is 61.5 Å². The second-order valence-corrected chi connectivity index (χ2v) is 9.06. The van der Waals surface area contributed by atoms with Crippen molar-refractivity contribution in [3.05, 3.63) is 65.4 Å². The number of hydrogen-bond acceptors (Lipinski definition) is 7. The van der Waals surface area contributed by atoms with E-state index in [9.17, 15) is 4.79 Å². The van der Waals surface area contributed by atoms with Gasteiger partial charge in [0.05, 0.1) is 25.4 Å². The van der Waals surface area contributed by atoms with E-state index < -0.39 is 0 Å². The average Bonchev–Trinajstić information content (AvgIpc) is 2.92. The van der Waals surface area contributed by atoms with Gasteiger partial charge in [-0.25, -0.2) is 14.8 Å². The summed E-state index contributed by atoms with van der Waals surface area (Å²) in [6, 6.07) is 17.1. The average molecular weight is 519 g/mol. The summed E-state index contributed by atoms with van der Waals surface area (Å²) in [6.07, 6.45) is 0. The lowest BCUT2D eigenvalue weighted by atomic mass is 10.1. The number of methoxy groups -OCH3 is 2. The number of amides is 2. The maximum Gasteiger partial charge on any atom is 0.321 e. The van der Waals surface area contributed by atoms with Gasteiger partial charge in [-0.3, -0.25) is 0 Å². The monoisotopic (exact) mass is 518 g/mol. The molecule has 3 heterocycles. The second-order valence-electron chi connectivity index (χ2n) is 8.72. The quantitative estimate of drug-likeness (QED) is 0.370. The number of urea groups is 1. The molecule has 1 aliphatic rings. The third-order valence-electron chi connectivity index (χ3n) is 6.31. The van der Waals surface area contributed by atoms with E-state index in [2.05, 4.69) is 20.2 Å². The van der Waals surface area contributed by atoms with Crippen molar-refractivity contribution in [3.63, 3.8) is 0 Å². The van der Waals surface area contributed by atoms with Crippen LogP contribution in [0.15, 0.2) is 54.6 Å². The third-order valence-corrected chi connectivity index (χ3v) is 6.48. The molecule has 1 saturated heterocycles. The Bertz CT molecular complexity index is 1460. The molecule has 190 valence electrons. The van der Waals surface area contributed by atoms with E-state index in [1.165, 1.54) is 0 Å². The molecule has 4 aromatic rings. The van der Waals surface area contributed by atoms with Crippen LogP contribution in [0.2, 0.25) is 5.28 Å². The Morgan fingerprint density at radius 1 is 0.919 bits per heavy atom. The van der Waals surface area contributed by atoms with Gasteiger partial charge < -0.3 is 24.6 Å². The number of anilines is 2. The van der Waals surface area contributed by atoms with Crippen LogP contribution >= 0.6 is 11.6 Å². The van der Waals surface area contributed by atoms with Crippen LogP contribution in [0, 0.1) is 6.92 Å². The van der Waals surface area contributed by atoms with Gasteiger partial charge in [-0.05, 0) is 66.6 Å². The van der Waals surface area contributed by atoms with Crippen LogP contribution < -0.4 is 19.7 Å². The van der Waals surface area contributed by atoms with E-state index in [1.54, 1.807) is 19.1 Å². The summed E-state index contributed by atoms with van der Waals surface area (Å²) in [4.78, 5) is 30.5. The molecule has 37 heavy (non-hydrogen) atoms. The van der Waals surface area contributed by atoms with Crippen LogP contribution in [0.25, 0.3) is 22.3 Å². The Morgan fingerprint density at radius 3 is 2.43 bits per heavy atom. The van der Waals surface area contributed by atoms with E-state index in [0.717, 1.165) is 22.5 Å². The Kier molecular flexibility index (Phi) is 6.96. The molecule has 5 rings (SSSR count). The highest BCUT2D eigenvalue weighted by atomic mass is 35.5. The lowest BCUT2D eigenvalue weighted by Crippen LogP contribution is -2.50. The van der Waals surface area contributed by atoms with Crippen molar-refractivity contribution in [3.8, 4) is 22.8 Å². The molecule has 2 aromatic carbocycles. The van der Waals surface area contributed by atoms with Crippen molar-refractivity contribution < 1.29 is 14.3 Å². The zero-order valence-corrected chi connectivity index (χ0v) is 21.6. The molecule has 1 aliphatic heterocycles. The summed E-state index contributed by atoms with van der Waals surface area (Å²) in [5.41, 5.74) is 4.80. The van der Waals surface area contributed by atoms with Crippen LogP contribution in [-0.2, 0) is 0 Å². The number of aryl methyl sites for hydroxylation is 1. The Balaban J connectivity index is 1.38. The van der Waals surface area contributed by atoms with E-state index in [0.29, 0.717) is 54.5 Å². The maximum atomic E-state index is 12.8. The first-order valence-electron chi connectivity index (χ1n) is 11.9. The number of carbonyl (C=O) groups is 1. The molecule has 0 saturated carbocycles. The minimum Gasteiger partial charge on any atom is -0.493 e. The molecule has 0 atom stereocenters. The number of carbonyl (C=O) groups excluding carboxylic acids is 1. The number of ether oxygens (including phenoxy) is 2. The summed E-state index contributed by atoms with van der Waals surface area (Å²) >= 11 is 6.27. The zero-order chi connectivity index (χ0) is 25.9. The van der Waals surface area contributed by atoms with Crippen LogP contribution in [0.1, 0.15) is 5.56 Å². The maximum absolute atomic E-state index is 12.8. The Hall–Kier alpha value is -4.11. The number of nitrogens with one attached hydrogen (secondary N) is 1. The second kappa shape index (κ2) is 10.5. The van der Waals surface area contributed by atoms with Crippen LogP contribution in [-0.4, -0.2) is 66.3 Å². The van der Waals surface area contributed by atoms with Crippen molar-refractivity contribution in [2.24, 2.45) is 0 Å². The van der Waals surface area contributed by atoms with Gasteiger partial charge in [-0.15, -0.1) is 0 Å². The normalized spacial score (nSPS) is 13.5. The fraction of sp³-hybridized carbons (Fsp3) is 0.259. The lowest BCUT2D eigenvalue weighted by Gasteiger charge is -2.35. The first-order valence-corrected chi connectivity index (χ1v) is 12.3. The van der Waals surface area contributed by atoms with Gasteiger partial charge in [0.25, 0.3) is 0 Å². The SMILES string of the molecule is COc1ccc(-c2ccc3nc(Cl)nc(N4CCN(C(=O)Nc5cccc(C)c5)CC4)c3n2)cc1OC. The summed E-state index contributed by atoms with van der Waals surface area (Å²) in [5.74, 6) is 1.91. The highest BCUT2D eigenvalue weighted by molar-refractivity contribution is 6.28. The van der Waals surface area contributed by atoms with E-state index in [4.69, 9.17) is 26.1 Å². The highest BCUT2D eigenvalue weighted by Gasteiger charge is 2.24. The molecule has 1 N–H and O–H groups in total. The van der Waals surface area contributed by atoms with Crippen molar-refractivity contribution >= 4 is 40.2 Å². The van der Waals surface area contributed by atoms with E-state index >= 15 is 0 Å². The van der Waals surface area contributed by atoms with Crippen molar-refractivity contribution in [2.45, 2.75) is 6.92 Å². The molecular weight excluding hydrogens is 492 g/mol. The number of aromatic nitrogens is 3. The smallest absolute Gasteiger partial charge is 0.321 e. The first-order chi connectivity index (χ1) is 17.9. The van der Waals surface area contributed by atoms with Gasteiger partial charge in [0, 0.05) is 37.4 Å². The summed E-state index contributed by atoms with van der Waals surface area (Å²) in [7, 11) is 3.20. The van der Waals surface area contributed by atoms with Crippen LogP contribution in [0.3, 0.4) is 0 Å². The van der Waals surface area contributed by atoms with Gasteiger partial charge in [0.1, 0.15) is 5.52 Å². The molecular formula is C27H27ClN6O3. The standard InChI is InChI=1S/C27H27ClN6O3/c1-17-5-4-6-19(15-17)29-27(35)34-13-11-33(12-14-34)25-24-21(31-26(28)32-25)9-8-20(30-24)18-7-10-22(36-2)23(16-18)37-3/h4-10,15-16H,11-14H2,1-3H3,(H,29,35). The predicted octanol–water partition coefficient (Wildman–Crippen LogP) is 5.02. The fourth-order valence-electron chi connectivity index (χ4n) is 4.39. The summed E-state index contributed by atoms with van der Waals surface area (Å²) in [6.45, 7) is 4.25. The molecule has 9 nitrogen and oxygen atoms in total. The first kappa shape index (κ1) is 24.6. The number of pyridine rings is 1. The molecule has 0 spiro atoms. The molecule has 0 aliphatic carbocycles. The lowest BCUT2D eigenvalue weighted by molar-refractivity contribution is 0.208. The van der Waals surface area contributed by atoms with Crippen molar-refractivity contribution in [1.82, 2.24) is 19.9 Å². The molecule has 0 unspecified atom stereocenters. The van der Waals surface area contributed by atoms with Crippen molar-refractivity contribution in [2.75, 3.05) is 50.6 Å². The molecule has 2 amide bonds. The number of benzene rings is 2. The number of rotatable bonds is 5. The Labute approximate surface area is 220 Å². The molecule has 0 bridgehead atoms.